The summed E-state index contributed by atoms with van der Waals surface area (Å²) in [6.45, 7) is 5.32. The first kappa shape index (κ1) is 93.1. The second kappa shape index (κ2) is 42.0. The second-order valence-electron chi connectivity index (χ2n) is 29.8. The lowest BCUT2D eigenvalue weighted by molar-refractivity contribution is -0.0803. The van der Waals surface area contributed by atoms with Gasteiger partial charge in [0.15, 0.2) is 43.4 Å². The Bertz CT molecular complexity index is 4300. The summed E-state index contributed by atoms with van der Waals surface area (Å²) in [5.74, 6) is 2.45. The van der Waals surface area contributed by atoms with E-state index in [4.69, 9.17) is 51.4 Å². The molecular weight excluding hydrogens is 1550 g/mol. The fourth-order valence-corrected chi connectivity index (χ4v) is 14.8. The Balaban J connectivity index is 0.000000179. The maximum absolute atomic E-state index is 10.4. The number of guanidine groups is 2. The van der Waals surface area contributed by atoms with Crippen LogP contribution in [0.4, 0.5) is 0 Å². The van der Waals surface area contributed by atoms with E-state index in [0.717, 1.165) is 30.4 Å². The molecule has 42 heteroatoms. The number of rotatable bonds is 19. The Morgan fingerprint density at radius 1 is 0.513 bits per heavy atom. The van der Waals surface area contributed by atoms with Crippen LogP contribution >= 0.6 is 0 Å². The van der Waals surface area contributed by atoms with Gasteiger partial charge in [0, 0.05) is 25.3 Å². The van der Waals surface area contributed by atoms with Gasteiger partial charge in [-0.2, -0.15) is 30.2 Å². The molecule has 0 spiro atoms. The van der Waals surface area contributed by atoms with Gasteiger partial charge in [-0.3, -0.25) is 20.0 Å². The van der Waals surface area contributed by atoms with Gasteiger partial charge in [0.2, 0.25) is 11.9 Å². The molecule has 42 nitrogen and oxygen atoms in total. The predicted octanol–water partition coefficient (Wildman–Crippen LogP) is -2.93. The first-order valence-corrected chi connectivity index (χ1v) is 38.3. The maximum atomic E-state index is 10.4. The number of aliphatic imine (C=N–C) groups is 11. The van der Waals surface area contributed by atoms with Gasteiger partial charge in [-0.15, -0.1) is 5.10 Å². The van der Waals surface area contributed by atoms with Gasteiger partial charge in [0.25, 0.3) is 0 Å². The highest BCUT2D eigenvalue weighted by Gasteiger charge is 2.55. The molecule has 12 heterocycles. The Morgan fingerprint density at radius 2 is 0.933 bits per heavy atom. The molecule has 24 atom stereocenters. The summed E-state index contributed by atoms with van der Waals surface area (Å²) in [4.78, 5) is 53.7. The largest absolute Gasteiger partial charge is 0.463 e. The lowest BCUT2D eigenvalue weighted by Gasteiger charge is -2.35. The van der Waals surface area contributed by atoms with E-state index in [1.165, 1.54) is 61.0 Å². The average molecular weight is 1670 g/mol. The van der Waals surface area contributed by atoms with Gasteiger partial charge in [-0.1, -0.05) is 135 Å². The van der Waals surface area contributed by atoms with Gasteiger partial charge >= 0.3 is 12.0 Å². The van der Waals surface area contributed by atoms with Gasteiger partial charge in [-0.05, 0) is 59.9 Å². The van der Waals surface area contributed by atoms with Crippen LogP contribution < -0.4 is 33.7 Å². The second-order valence-corrected chi connectivity index (χ2v) is 29.8. The minimum absolute atomic E-state index is 0. The van der Waals surface area contributed by atoms with Crippen LogP contribution in [-0.2, 0) is 41.3 Å². The summed E-state index contributed by atoms with van der Waals surface area (Å²) in [6, 6.07) is 20.8. The van der Waals surface area contributed by atoms with Crippen LogP contribution in [0.15, 0.2) is 137 Å². The number of hydrogen-bond acceptors (Lipinski definition) is 40. The van der Waals surface area contributed by atoms with Crippen LogP contribution in [0.1, 0.15) is 98.8 Å². The average Bonchev–Trinajstić information content (AvgIpc) is 1.63. The topological polar surface area (TPSA) is 612 Å². The van der Waals surface area contributed by atoms with E-state index in [2.05, 4.69) is 125 Å². The molecule has 16 rings (SSSR count). The monoisotopic (exact) mass is 1670 g/mol. The number of nitrogens with two attached hydrogens (primary N) is 4. The van der Waals surface area contributed by atoms with Crippen molar-refractivity contribution in [2.45, 2.75) is 249 Å². The first-order chi connectivity index (χ1) is 55.5. The quantitative estimate of drug-likeness (QED) is 0.0422. The van der Waals surface area contributed by atoms with E-state index in [-0.39, 0.29) is 77.0 Å². The highest BCUT2D eigenvalue weighted by molar-refractivity contribution is 6.04. The highest BCUT2D eigenvalue weighted by atomic mass is 16.6. The van der Waals surface area contributed by atoms with Crippen LogP contribution in [0.2, 0.25) is 0 Å². The van der Waals surface area contributed by atoms with Crippen molar-refractivity contribution in [1.82, 2.24) is 30.3 Å². The van der Waals surface area contributed by atoms with Gasteiger partial charge in [0.05, 0.1) is 65.0 Å². The van der Waals surface area contributed by atoms with Gasteiger partial charge in [-0.25, -0.2) is 20.4 Å². The van der Waals surface area contributed by atoms with E-state index in [1.807, 2.05) is 49.5 Å². The number of aliphatic hydroxyl groups is 12. The zero-order valence-corrected chi connectivity index (χ0v) is 63.4. The van der Waals surface area contributed by atoms with Crippen LogP contribution in [-0.4, -0.2) is 353 Å². The number of amidine groups is 6. The summed E-state index contributed by atoms with van der Waals surface area (Å²) in [7, 11) is 0. The summed E-state index contributed by atoms with van der Waals surface area (Å²) >= 11 is 0. The molecule has 12 aliphatic heterocycles. The molecule has 0 amide bonds. The highest BCUT2D eigenvalue weighted by Crippen LogP contribution is 2.35. The Labute approximate surface area is 690 Å². The predicted molar refractivity (Wildman–Crippen MR) is 450 cm³/mol. The smallest absolute Gasteiger partial charge is 0.315 e. The number of aliphatic hydroxyl groups excluding tert-OH is 12. The van der Waals surface area contributed by atoms with Crippen molar-refractivity contribution < 1.29 is 89.7 Å². The van der Waals surface area contributed by atoms with E-state index in [9.17, 15) is 61.3 Å². The molecule has 13 aliphatic rings. The SMILES string of the molecule is C.C.C.C.CC(C)C/C=N\NC1=NC2C(N=CN2C2OC(CO)[C@@H](O)[C@H]2O)C(N)=N1.Cc1ccc(CCOC2=NC3C(N=CN3C3OC(CO)[C@@H](O)[C@H]3O)C(N)=N2)cc1.NC1=NC(=N/N=C\C2CCCCC2)NC2C1N=CN2C1OC(CO)[C@@H](O)[C@H]1O.NC1=NC(OCCc2ccc3ccccc3c2)=NC2C1N=CN2C1OC(CO)[C@@H](O)[C@H]1O. The van der Waals surface area contributed by atoms with Crippen molar-refractivity contribution in [3.8, 4) is 0 Å². The minimum atomic E-state index is -1.23. The van der Waals surface area contributed by atoms with E-state index in [0.29, 0.717) is 37.9 Å². The molecule has 0 radical (unpaired) electrons. The standard InChI is InChI=1S/C22H25N5O5.C19H25N5O5.C17H27N7O4.C15H25N7O4.4CH4/c23-19-16-20(27(11-24-16)21-18(30)17(29)15(10-28)32-21)26-22(25-19)31-8-7-12-5-6-13-3-1-2-4-14(13)9-12;1-10-2-4-11(5-3-10)6-7-28-19-22-16(20)13-17(23-19)24(9-21-13)18-15(27)14(26)12(8-25)29-18;18-14-11-15(22-17(21-14)23-20-6-9-4-2-1-3-5-9)24(8-19-11)16-13(27)12(26)10(7-25)28-16;1-7(2)3-4-18-21-15-19-12(16)9-13(20-15)22(6-17-9)14-11(25)10(24)8(5-23)26-14;;;;/h1-6,9,11,15-18,20-21,28-30H,7-8,10H2,(H2,23,25,26);2-5,9,12-15,17-18,25-27H,6-8H2,1H3,(H2,20,22,23);6,8-13,15-16,25-27H,1-5,7H2,(H3,18,21,22,23);4,6-11,13-14,23-25H,3,5H2,1-2H3,(H3,16,19,20,21);4*1H4/b;;20-6-;18-4-;;;;/t15?,16?,17-,18-,20?,21?;12?,13?,14-,15-,17?,18?;10?,11?,12-,13-,15?,16?;8?,9?,10-,11-,13?,14?;;;;/m1111..../s1. The molecule has 4 saturated heterocycles. The molecule has 3 aromatic carbocycles. The van der Waals surface area contributed by atoms with Crippen LogP contribution in [0.3, 0.4) is 0 Å². The fourth-order valence-electron chi connectivity index (χ4n) is 14.8. The number of nitrogens with one attached hydrogen (secondary N) is 2. The summed E-state index contributed by atoms with van der Waals surface area (Å²) in [5, 5.41) is 136. The van der Waals surface area contributed by atoms with Crippen molar-refractivity contribution in [3.63, 3.8) is 0 Å². The number of nitrogens with zero attached hydrogens (tertiary/aromatic N) is 18. The molecule has 5 fully saturated rings. The number of hydrazone groups is 1. The molecular formula is C77H118N24O18. The number of aryl methyl sites for hydroxylation is 1. The Kier molecular flexibility index (Phi) is 32.8. The van der Waals surface area contributed by atoms with Crippen LogP contribution in [0.25, 0.3) is 10.8 Å². The molecule has 1 aliphatic carbocycles. The number of benzene rings is 3. The molecule has 1 saturated carbocycles. The lowest BCUT2D eigenvalue weighted by Crippen LogP contribution is -2.61. The molecule has 119 heavy (non-hydrogen) atoms. The van der Waals surface area contributed by atoms with Crippen molar-refractivity contribution >= 4 is 95.9 Å². The van der Waals surface area contributed by atoms with Crippen LogP contribution in [0, 0.1) is 18.8 Å². The fraction of sp³-hybridized carbons (Fsp3) is 0.610. The van der Waals surface area contributed by atoms with Crippen molar-refractivity contribution in [1.29, 1.82) is 0 Å². The first-order valence-electron chi connectivity index (χ1n) is 38.3. The summed E-state index contributed by atoms with van der Waals surface area (Å²) in [5.41, 5.74) is 30.4. The molecule has 22 N–H and O–H groups in total. The Morgan fingerprint density at radius 3 is 1.40 bits per heavy atom. The van der Waals surface area contributed by atoms with E-state index >= 15 is 0 Å². The number of hydrogen-bond donors (Lipinski definition) is 18. The van der Waals surface area contributed by atoms with Crippen molar-refractivity contribution in [2.75, 3.05) is 39.6 Å². The molecule has 3 aromatic rings. The summed E-state index contributed by atoms with van der Waals surface area (Å²) < 4.78 is 33.8. The third-order valence-corrected chi connectivity index (χ3v) is 21.3. The number of ether oxygens (including phenoxy) is 6. The summed E-state index contributed by atoms with van der Waals surface area (Å²) in [6.07, 6.45) is -1.45. The minimum Gasteiger partial charge on any atom is -0.463 e. The van der Waals surface area contributed by atoms with E-state index in [1.54, 1.807) is 25.8 Å². The molecule has 0 aromatic heterocycles. The van der Waals surface area contributed by atoms with Crippen LogP contribution in [0.5, 0.6) is 0 Å². The van der Waals surface area contributed by atoms with Gasteiger partial charge in [0.1, 0.15) is 127 Å². The molecule has 654 valence electrons. The number of fused-ring (bicyclic) bond motifs is 5. The third-order valence-electron chi connectivity index (χ3n) is 21.3. The molecule has 0 bridgehead atoms. The third kappa shape index (κ3) is 21.0. The van der Waals surface area contributed by atoms with E-state index < -0.39 is 173 Å². The molecule has 16 unspecified atom stereocenters. The zero-order chi connectivity index (χ0) is 81.3. The van der Waals surface area contributed by atoms with Crippen molar-refractivity contribution in [2.24, 2.45) is 105 Å². The lowest BCUT2D eigenvalue weighted by atomic mass is 9.90. The maximum Gasteiger partial charge on any atom is 0.315 e. The zero-order valence-electron chi connectivity index (χ0n) is 63.4. The van der Waals surface area contributed by atoms with Crippen molar-refractivity contribution in [3.05, 3.63) is 83.4 Å². The van der Waals surface area contributed by atoms with Gasteiger partial charge < -0.3 is 138 Å². The Hall–Kier alpha value is -9.74. The normalized spacial score (nSPS) is 34.1.